The fourth-order valence-electron chi connectivity index (χ4n) is 4.25. The van der Waals surface area contributed by atoms with Gasteiger partial charge in [0, 0.05) is 17.9 Å². The molecule has 1 aromatic carbocycles. The number of carbonyl (C=O) groups is 1. The molecule has 2 fully saturated rings. The predicted octanol–water partition coefficient (Wildman–Crippen LogP) is 3.82. The van der Waals surface area contributed by atoms with E-state index >= 15 is 0 Å². The van der Waals surface area contributed by atoms with Crippen LogP contribution in [-0.4, -0.2) is 25.5 Å². The molecule has 0 atom stereocenters. The maximum Gasteiger partial charge on any atom is 0.223 e. The van der Waals surface area contributed by atoms with E-state index in [1.54, 1.807) is 0 Å². The molecule has 0 radical (unpaired) electrons. The van der Waals surface area contributed by atoms with Crippen LogP contribution in [0.15, 0.2) is 30.3 Å². The summed E-state index contributed by atoms with van der Waals surface area (Å²) in [6, 6.07) is 10.9. The topological polar surface area (TPSA) is 41.1 Å². The molecule has 134 valence electrons. The minimum atomic E-state index is 0. The highest BCUT2D eigenvalue weighted by molar-refractivity contribution is 5.85. The first-order valence-corrected chi connectivity index (χ1v) is 9.34. The Morgan fingerprint density at radius 3 is 2.29 bits per heavy atom. The van der Waals surface area contributed by atoms with Crippen LogP contribution < -0.4 is 10.6 Å². The summed E-state index contributed by atoms with van der Waals surface area (Å²) >= 11 is 0. The van der Waals surface area contributed by atoms with Crippen LogP contribution in [0.5, 0.6) is 0 Å². The number of nitrogens with one attached hydrogen (secondary N) is 2. The summed E-state index contributed by atoms with van der Waals surface area (Å²) in [6.07, 6.45) is 9.56. The highest BCUT2D eigenvalue weighted by Crippen LogP contribution is 2.38. The zero-order valence-electron chi connectivity index (χ0n) is 14.6. The summed E-state index contributed by atoms with van der Waals surface area (Å²) in [6.45, 7) is 2.75. The minimum absolute atomic E-state index is 0. The molecule has 1 aliphatic carbocycles. The van der Waals surface area contributed by atoms with Gasteiger partial charge in [-0.2, -0.15) is 0 Å². The zero-order valence-corrected chi connectivity index (χ0v) is 15.4. The summed E-state index contributed by atoms with van der Waals surface area (Å²) in [7, 11) is 0. The van der Waals surface area contributed by atoms with Gasteiger partial charge in [-0.25, -0.2) is 0 Å². The van der Waals surface area contributed by atoms with E-state index in [4.69, 9.17) is 0 Å². The van der Waals surface area contributed by atoms with E-state index in [0.29, 0.717) is 0 Å². The standard InChI is InChI=1S/C20H30N2O.ClH/c23-19(17-10-14-21-15-11-17)22-16-20(12-6-1-2-7-13-20)18-8-4-3-5-9-18;/h3-5,8-9,17,21H,1-2,6-7,10-16H2,(H,22,23);1H. The molecule has 0 bridgehead atoms. The summed E-state index contributed by atoms with van der Waals surface area (Å²) in [5.41, 5.74) is 1.55. The second-order valence-corrected chi connectivity index (χ2v) is 7.30. The van der Waals surface area contributed by atoms with Crippen LogP contribution in [0, 0.1) is 5.92 Å². The number of halogens is 1. The fourth-order valence-corrected chi connectivity index (χ4v) is 4.25. The van der Waals surface area contributed by atoms with Crippen LogP contribution in [0.2, 0.25) is 0 Å². The Balaban J connectivity index is 0.00000208. The lowest BCUT2D eigenvalue weighted by Gasteiger charge is -2.34. The van der Waals surface area contributed by atoms with Gasteiger partial charge < -0.3 is 10.6 Å². The number of benzene rings is 1. The molecule has 0 spiro atoms. The van der Waals surface area contributed by atoms with Crippen molar-refractivity contribution in [2.45, 2.75) is 56.8 Å². The van der Waals surface area contributed by atoms with Crippen molar-refractivity contribution in [3.63, 3.8) is 0 Å². The van der Waals surface area contributed by atoms with Crippen molar-refractivity contribution < 1.29 is 4.79 Å². The quantitative estimate of drug-likeness (QED) is 0.810. The van der Waals surface area contributed by atoms with Crippen LogP contribution in [0.3, 0.4) is 0 Å². The molecule has 1 amide bonds. The summed E-state index contributed by atoms with van der Waals surface area (Å²) in [5.74, 6) is 0.473. The smallest absolute Gasteiger partial charge is 0.223 e. The summed E-state index contributed by atoms with van der Waals surface area (Å²) < 4.78 is 0. The lowest BCUT2D eigenvalue weighted by Crippen LogP contribution is -2.44. The van der Waals surface area contributed by atoms with E-state index in [2.05, 4.69) is 41.0 Å². The SMILES string of the molecule is Cl.O=C(NCC1(c2ccccc2)CCCCCC1)C1CCNCC1. The van der Waals surface area contributed by atoms with Gasteiger partial charge in [0.2, 0.25) is 5.91 Å². The first-order valence-electron chi connectivity index (χ1n) is 9.34. The van der Waals surface area contributed by atoms with Gasteiger partial charge in [0.25, 0.3) is 0 Å². The van der Waals surface area contributed by atoms with Crippen molar-refractivity contribution in [2.24, 2.45) is 5.92 Å². The number of amides is 1. The normalized spacial score (nSPS) is 21.3. The van der Waals surface area contributed by atoms with Crippen LogP contribution >= 0.6 is 12.4 Å². The predicted molar refractivity (Wildman–Crippen MR) is 102 cm³/mol. The number of hydrogen-bond acceptors (Lipinski definition) is 2. The van der Waals surface area contributed by atoms with E-state index in [9.17, 15) is 4.79 Å². The second-order valence-electron chi connectivity index (χ2n) is 7.30. The molecule has 1 saturated heterocycles. The maximum absolute atomic E-state index is 12.6. The molecular formula is C20H31ClN2O. The van der Waals surface area contributed by atoms with Crippen LogP contribution in [0.25, 0.3) is 0 Å². The number of piperidine rings is 1. The van der Waals surface area contributed by atoms with Gasteiger partial charge in [-0.05, 0) is 44.3 Å². The Bertz CT molecular complexity index is 492. The number of carbonyl (C=O) groups excluding carboxylic acids is 1. The van der Waals surface area contributed by atoms with Crippen molar-refractivity contribution in [1.29, 1.82) is 0 Å². The third-order valence-corrected chi connectivity index (χ3v) is 5.76. The number of rotatable bonds is 4. The minimum Gasteiger partial charge on any atom is -0.355 e. The molecular weight excluding hydrogens is 320 g/mol. The second kappa shape index (κ2) is 9.43. The highest BCUT2D eigenvalue weighted by Gasteiger charge is 2.34. The van der Waals surface area contributed by atoms with Gasteiger partial charge in [-0.1, -0.05) is 56.0 Å². The van der Waals surface area contributed by atoms with Gasteiger partial charge >= 0.3 is 0 Å². The first kappa shape index (κ1) is 19.3. The van der Waals surface area contributed by atoms with Crippen LogP contribution in [0.1, 0.15) is 56.9 Å². The lowest BCUT2D eigenvalue weighted by atomic mass is 9.74. The van der Waals surface area contributed by atoms with Crippen LogP contribution in [0.4, 0.5) is 0 Å². The number of hydrogen-bond donors (Lipinski definition) is 2. The van der Waals surface area contributed by atoms with E-state index < -0.39 is 0 Å². The maximum atomic E-state index is 12.6. The Kier molecular flexibility index (Phi) is 7.57. The van der Waals surface area contributed by atoms with Crippen molar-refractivity contribution in [3.05, 3.63) is 35.9 Å². The Morgan fingerprint density at radius 2 is 1.67 bits per heavy atom. The summed E-state index contributed by atoms with van der Waals surface area (Å²) in [4.78, 5) is 12.6. The largest absolute Gasteiger partial charge is 0.355 e. The van der Waals surface area contributed by atoms with E-state index in [1.165, 1.54) is 44.1 Å². The molecule has 4 heteroatoms. The van der Waals surface area contributed by atoms with E-state index in [1.807, 2.05) is 0 Å². The third kappa shape index (κ3) is 4.73. The Morgan fingerprint density at radius 1 is 1.04 bits per heavy atom. The van der Waals surface area contributed by atoms with Crippen molar-refractivity contribution in [3.8, 4) is 0 Å². The highest BCUT2D eigenvalue weighted by atomic mass is 35.5. The molecule has 2 N–H and O–H groups in total. The van der Waals surface area contributed by atoms with Gasteiger partial charge in [0.15, 0.2) is 0 Å². The zero-order chi connectivity index (χ0) is 16.0. The molecule has 1 aromatic rings. The summed E-state index contributed by atoms with van der Waals surface area (Å²) in [5, 5.41) is 6.66. The molecule has 3 nitrogen and oxygen atoms in total. The van der Waals surface area contributed by atoms with E-state index in [-0.39, 0.29) is 29.6 Å². The molecule has 0 unspecified atom stereocenters. The molecule has 0 aromatic heterocycles. The van der Waals surface area contributed by atoms with Crippen molar-refractivity contribution in [1.82, 2.24) is 10.6 Å². The molecule has 1 aliphatic heterocycles. The fraction of sp³-hybridized carbons (Fsp3) is 0.650. The van der Waals surface area contributed by atoms with E-state index in [0.717, 1.165) is 32.5 Å². The average Bonchev–Trinajstić information content (AvgIpc) is 2.88. The Labute approximate surface area is 152 Å². The van der Waals surface area contributed by atoms with Gasteiger partial charge in [0.05, 0.1) is 0 Å². The molecule has 2 aliphatic rings. The van der Waals surface area contributed by atoms with Crippen LogP contribution in [-0.2, 0) is 10.2 Å². The monoisotopic (exact) mass is 350 g/mol. The molecule has 3 rings (SSSR count). The first-order chi connectivity index (χ1) is 11.3. The van der Waals surface area contributed by atoms with Gasteiger partial charge in [-0.15, -0.1) is 12.4 Å². The molecule has 24 heavy (non-hydrogen) atoms. The third-order valence-electron chi connectivity index (χ3n) is 5.76. The average molecular weight is 351 g/mol. The van der Waals surface area contributed by atoms with Gasteiger partial charge in [-0.3, -0.25) is 4.79 Å². The molecule has 1 saturated carbocycles. The van der Waals surface area contributed by atoms with Gasteiger partial charge in [0.1, 0.15) is 0 Å². The molecule has 1 heterocycles. The Hall–Kier alpha value is -1.06. The lowest BCUT2D eigenvalue weighted by molar-refractivity contribution is -0.126. The van der Waals surface area contributed by atoms with Crippen molar-refractivity contribution >= 4 is 18.3 Å². The van der Waals surface area contributed by atoms with Crippen molar-refractivity contribution in [2.75, 3.05) is 19.6 Å².